The minimum atomic E-state index is 0.120. The molecule has 1 aromatic heterocycles. The van der Waals surface area contributed by atoms with Crippen LogP contribution < -0.4 is 5.32 Å². The van der Waals surface area contributed by atoms with Crippen molar-refractivity contribution in [3.05, 3.63) is 22.8 Å². The summed E-state index contributed by atoms with van der Waals surface area (Å²) in [4.78, 5) is 9.54. The van der Waals surface area contributed by atoms with Gasteiger partial charge in [-0.15, -0.1) is 0 Å². The molecule has 3 heterocycles. The highest BCUT2D eigenvalue weighted by molar-refractivity contribution is 5.31. The summed E-state index contributed by atoms with van der Waals surface area (Å²) >= 11 is 0. The van der Waals surface area contributed by atoms with Gasteiger partial charge in [0.2, 0.25) is 0 Å². The quantitative estimate of drug-likeness (QED) is 0.869. The Bertz CT molecular complexity index is 439. The van der Waals surface area contributed by atoms with Gasteiger partial charge in [-0.05, 0) is 37.3 Å². The van der Waals surface area contributed by atoms with E-state index in [1.165, 1.54) is 17.0 Å². The minimum absolute atomic E-state index is 0.120. The van der Waals surface area contributed by atoms with Gasteiger partial charge in [0.15, 0.2) is 5.82 Å². The molecule has 1 N–H and O–H groups in total. The predicted molar refractivity (Wildman–Crippen MR) is 69.5 cm³/mol. The number of aromatic nitrogens is 2. The third-order valence-electron chi connectivity index (χ3n) is 3.75. The molecule has 0 saturated carbocycles. The Morgan fingerprint density at radius 2 is 2.22 bits per heavy atom. The van der Waals surface area contributed by atoms with Gasteiger partial charge in [-0.2, -0.15) is 0 Å². The normalized spacial score (nSPS) is 23.4. The monoisotopic (exact) mass is 247 g/mol. The number of fused-ring (bicyclic) bond motifs is 1. The molecule has 1 saturated heterocycles. The van der Waals surface area contributed by atoms with Crippen molar-refractivity contribution in [2.45, 2.75) is 51.7 Å². The van der Waals surface area contributed by atoms with Crippen molar-refractivity contribution in [1.29, 1.82) is 0 Å². The van der Waals surface area contributed by atoms with Crippen molar-refractivity contribution < 1.29 is 4.74 Å². The first-order chi connectivity index (χ1) is 8.75. The van der Waals surface area contributed by atoms with Crippen LogP contribution in [0.5, 0.6) is 0 Å². The molecule has 1 unspecified atom stereocenters. The zero-order chi connectivity index (χ0) is 12.5. The van der Waals surface area contributed by atoms with Gasteiger partial charge >= 0.3 is 0 Å². The molecule has 1 fully saturated rings. The van der Waals surface area contributed by atoms with Crippen molar-refractivity contribution in [2.24, 2.45) is 0 Å². The van der Waals surface area contributed by atoms with Gasteiger partial charge < -0.3 is 10.1 Å². The van der Waals surface area contributed by atoms with Crippen LogP contribution in [0.3, 0.4) is 0 Å². The highest BCUT2D eigenvalue weighted by Crippen LogP contribution is 2.29. The van der Waals surface area contributed by atoms with E-state index in [4.69, 9.17) is 14.7 Å². The van der Waals surface area contributed by atoms with Crippen molar-refractivity contribution in [2.75, 3.05) is 13.2 Å². The average Bonchev–Trinajstić information content (AvgIpc) is 2.91. The SMILES string of the molecule is CC(C)c1nc(C2CCCO2)nc2c1CCNC2. The maximum Gasteiger partial charge on any atom is 0.157 e. The molecule has 18 heavy (non-hydrogen) atoms. The molecule has 0 aliphatic carbocycles. The first-order valence-corrected chi connectivity index (χ1v) is 6.97. The number of ether oxygens (including phenoxy) is 1. The molecule has 0 amide bonds. The van der Waals surface area contributed by atoms with Crippen LogP contribution in [-0.2, 0) is 17.7 Å². The maximum atomic E-state index is 5.72. The summed E-state index contributed by atoms with van der Waals surface area (Å²) in [7, 11) is 0. The third-order valence-corrected chi connectivity index (χ3v) is 3.75. The van der Waals surface area contributed by atoms with E-state index in [9.17, 15) is 0 Å². The Labute approximate surface area is 108 Å². The molecule has 2 aliphatic heterocycles. The predicted octanol–water partition coefficient (Wildman–Crippen LogP) is 2.10. The summed E-state index contributed by atoms with van der Waals surface area (Å²) in [5, 5.41) is 3.39. The van der Waals surface area contributed by atoms with Gasteiger partial charge in [0.1, 0.15) is 6.10 Å². The van der Waals surface area contributed by atoms with E-state index in [0.29, 0.717) is 5.92 Å². The Hall–Kier alpha value is -1.00. The summed E-state index contributed by atoms with van der Waals surface area (Å²) in [5.74, 6) is 1.36. The van der Waals surface area contributed by atoms with E-state index in [0.717, 1.165) is 44.8 Å². The first kappa shape index (κ1) is 12.1. The van der Waals surface area contributed by atoms with Crippen LogP contribution in [0.2, 0.25) is 0 Å². The van der Waals surface area contributed by atoms with Gasteiger partial charge in [0.05, 0.1) is 11.4 Å². The summed E-state index contributed by atoms with van der Waals surface area (Å²) in [6.45, 7) is 7.18. The molecule has 1 aromatic rings. The fourth-order valence-electron chi connectivity index (χ4n) is 2.81. The van der Waals surface area contributed by atoms with Crippen LogP contribution in [-0.4, -0.2) is 23.1 Å². The van der Waals surface area contributed by atoms with E-state index in [-0.39, 0.29) is 6.10 Å². The Kier molecular flexibility index (Phi) is 3.31. The summed E-state index contributed by atoms with van der Waals surface area (Å²) in [6, 6.07) is 0. The first-order valence-electron chi connectivity index (χ1n) is 6.97. The largest absolute Gasteiger partial charge is 0.370 e. The number of nitrogens with one attached hydrogen (secondary N) is 1. The van der Waals surface area contributed by atoms with E-state index in [1.54, 1.807) is 0 Å². The van der Waals surface area contributed by atoms with Crippen molar-refractivity contribution in [3.8, 4) is 0 Å². The van der Waals surface area contributed by atoms with Crippen LogP contribution in [0.1, 0.15) is 61.5 Å². The van der Waals surface area contributed by atoms with E-state index in [2.05, 4.69) is 19.2 Å². The van der Waals surface area contributed by atoms with Crippen LogP contribution in [0.25, 0.3) is 0 Å². The molecular formula is C14H21N3O. The molecule has 2 aliphatic rings. The zero-order valence-electron chi connectivity index (χ0n) is 11.2. The van der Waals surface area contributed by atoms with Gasteiger partial charge in [-0.3, -0.25) is 0 Å². The van der Waals surface area contributed by atoms with Crippen LogP contribution in [0, 0.1) is 0 Å². The number of nitrogens with zero attached hydrogens (tertiary/aromatic N) is 2. The lowest BCUT2D eigenvalue weighted by molar-refractivity contribution is 0.104. The fourth-order valence-corrected chi connectivity index (χ4v) is 2.81. The van der Waals surface area contributed by atoms with E-state index < -0.39 is 0 Å². The standard InChI is InChI=1S/C14H21N3O/c1-9(2)13-10-5-6-15-8-11(10)16-14(17-13)12-4-3-7-18-12/h9,12,15H,3-8H2,1-2H3. The molecule has 0 spiro atoms. The second-order valence-corrected chi connectivity index (χ2v) is 5.48. The Morgan fingerprint density at radius 1 is 1.33 bits per heavy atom. The van der Waals surface area contributed by atoms with Crippen LogP contribution in [0.4, 0.5) is 0 Å². The maximum absolute atomic E-state index is 5.72. The number of hydrogen-bond acceptors (Lipinski definition) is 4. The minimum Gasteiger partial charge on any atom is -0.370 e. The van der Waals surface area contributed by atoms with Crippen molar-refractivity contribution in [1.82, 2.24) is 15.3 Å². The molecule has 3 rings (SSSR count). The van der Waals surface area contributed by atoms with E-state index in [1.807, 2.05) is 0 Å². The molecule has 4 heteroatoms. The molecule has 1 atom stereocenters. The zero-order valence-corrected chi connectivity index (χ0v) is 11.2. The highest BCUT2D eigenvalue weighted by atomic mass is 16.5. The smallest absolute Gasteiger partial charge is 0.157 e. The average molecular weight is 247 g/mol. The van der Waals surface area contributed by atoms with Gasteiger partial charge in [-0.1, -0.05) is 13.8 Å². The van der Waals surface area contributed by atoms with Gasteiger partial charge in [-0.25, -0.2) is 9.97 Å². The lowest BCUT2D eigenvalue weighted by Crippen LogP contribution is -2.28. The Balaban J connectivity index is 2.03. The third kappa shape index (κ3) is 2.15. The van der Waals surface area contributed by atoms with Crippen LogP contribution >= 0.6 is 0 Å². The number of hydrogen-bond donors (Lipinski definition) is 1. The number of rotatable bonds is 2. The molecular weight excluding hydrogens is 226 g/mol. The van der Waals surface area contributed by atoms with Crippen molar-refractivity contribution >= 4 is 0 Å². The van der Waals surface area contributed by atoms with Crippen molar-refractivity contribution in [3.63, 3.8) is 0 Å². The lowest BCUT2D eigenvalue weighted by atomic mass is 9.97. The molecule has 4 nitrogen and oxygen atoms in total. The summed E-state index contributed by atoms with van der Waals surface area (Å²) in [5.41, 5.74) is 3.78. The topological polar surface area (TPSA) is 47.0 Å². The van der Waals surface area contributed by atoms with Gasteiger partial charge in [0, 0.05) is 13.2 Å². The summed E-state index contributed by atoms with van der Waals surface area (Å²) in [6.07, 6.45) is 3.36. The molecule has 0 radical (unpaired) electrons. The fraction of sp³-hybridized carbons (Fsp3) is 0.714. The lowest BCUT2D eigenvalue weighted by Gasteiger charge is -2.22. The molecule has 98 valence electrons. The second-order valence-electron chi connectivity index (χ2n) is 5.48. The Morgan fingerprint density at radius 3 is 2.94 bits per heavy atom. The van der Waals surface area contributed by atoms with Gasteiger partial charge in [0.25, 0.3) is 0 Å². The van der Waals surface area contributed by atoms with Crippen LogP contribution in [0.15, 0.2) is 0 Å². The molecule has 0 bridgehead atoms. The highest BCUT2D eigenvalue weighted by Gasteiger charge is 2.25. The second kappa shape index (κ2) is 4.94. The molecule has 0 aromatic carbocycles. The summed E-state index contributed by atoms with van der Waals surface area (Å²) < 4.78 is 5.72. The van der Waals surface area contributed by atoms with E-state index >= 15 is 0 Å².